The second kappa shape index (κ2) is 4.82. The Morgan fingerprint density at radius 1 is 1.33 bits per heavy atom. The number of carboxylic acids is 1. The smallest absolute Gasteiger partial charge is 0.337 e. The summed E-state index contributed by atoms with van der Waals surface area (Å²) in [6.45, 7) is 1.79. The van der Waals surface area contributed by atoms with Gasteiger partial charge in [-0.1, -0.05) is 0 Å². The summed E-state index contributed by atoms with van der Waals surface area (Å²) in [6, 6.07) is 6.66. The molecule has 1 aromatic carbocycles. The molecule has 0 spiro atoms. The van der Waals surface area contributed by atoms with Gasteiger partial charge >= 0.3 is 5.97 Å². The van der Waals surface area contributed by atoms with Crippen LogP contribution in [0.4, 0.5) is 0 Å². The molecule has 0 amide bonds. The minimum atomic E-state index is -1.03. The van der Waals surface area contributed by atoms with Gasteiger partial charge in [0.2, 0.25) is 0 Å². The van der Waals surface area contributed by atoms with Crippen LogP contribution in [0.3, 0.4) is 0 Å². The van der Waals surface area contributed by atoms with E-state index in [1.54, 1.807) is 42.2 Å². The number of carboxylic acid groups (broad SMARTS) is 1. The van der Waals surface area contributed by atoms with E-state index in [4.69, 9.17) is 0 Å². The number of benzene rings is 1. The van der Waals surface area contributed by atoms with Crippen LogP contribution in [-0.2, 0) is 0 Å². The van der Waals surface area contributed by atoms with Crippen LogP contribution in [0.5, 0.6) is 0 Å². The molecule has 2 aromatic heterocycles. The molecule has 0 fully saturated rings. The van der Waals surface area contributed by atoms with E-state index in [2.05, 4.69) is 10.1 Å². The maximum atomic E-state index is 11.3. The van der Waals surface area contributed by atoms with Crippen molar-refractivity contribution in [3.8, 4) is 5.69 Å². The van der Waals surface area contributed by atoms with E-state index in [9.17, 15) is 14.7 Å². The second-order valence-electron chi connectivity index (χ2n) is 4.60. The number of pyridine rings is 1. The molecule has 0 atom stereocenters. The van der Waals surface area contributed by atoms with Gasteiger partial charge in [-0.3, -0.25) is 9.78 Å². The van der Waals surface area contributed by atoms with Gasteiger partial charge in [0.1, 0.15) is 5.69 Å². The molecule has 0 saturated heterocycles. The van der Waals surface area contributed by atoms with E-state index in [-0.39, 0.29) is 5.56 Å². The molecule has 0 radical (unpaired) electrons. The molecule has 21 heavy (non-hydrogen) atoms. The van der Waals surface area contributed by atoms with E-state index in [1.807, 2.05) is 0 Å². The molecule has 0 aliphatic heterocycles. The number of aldehydes is 1. The highest BCUT2D eigenvalue weighted by Gasteiger charge is 2.14. The Kier molecular flexibility index (Phi) is 2.98. The van der Waals surface area contributed by atoms with Gasteiger partial charge in [-0.2, -0.15) is 5.10 Å². The number of fused-ring (bicyclic) bond motifs is 1. The van der Waals surface area contributed by atoms with Crippen LogP contribution in [0, 0.1) is 6.92 Å². The number of aromatic carboxylic acids is 1. The molecule has 0 aliphatic carbocycles. The monoisotopic (exact) mass is 281 g/mol. The standard InChI is InChI=1S/C15H11N3O3/c1-9-7-18(17-12(9)8-19)13-5-4-11(15(20)21)14-10(13)3-2-6-16-14/h2-8H,1H3,(H,20,21). The zero-order valence-corrected chi connectivity index (χ0v) is 11.1. The summed E-state index contributed by atoms with van der Waals surface area (Å²) >= 11 is 0. The number of carbonyl (C=O) groups is 2. The molecule has 3 aromatic rings. The van der Waals surface area contributed by atoms with Gasteiger partial charge in [-0.15, -0.1) is 0 Å². The minimum absolute atomic E-state index is 0.133. The maximum Gasteiger partial charge on any atom is 0.337 e. The summed E-state index contributed by atoms with van der Waals surface area (Å²) in [4.78, 5) is 26.3. The average Bonchev–Trinajstić information content (AvgIpc) is 2.86. The maximum absolute atomic E-state index is 11.3. The Hall–Kier alpha value is -3.02. The van der Waals surface area contributed by atoms with Crippen molar-refractivity contribution >= 4 is 23.2 Å². The van der Waals surface area contributed by atoms with Crippen LogP contribution in [0.2, 0.25) is 0 Å². The van der Waals surface area contributed by atoms with Gasteiger partial charge in [0.25, 0.3) is 0 Å². The first-order valence-corrected chi connectivity index (χ1v) is 6.24. The SMILES string of the molecule is Cc1cn(-c2ccc(C(=O)O)c3ncccc23)nc1C=O. The zero-order chi connectivity index (χ0) is 15.0. The molecule has 2 heterocycles. The highest BCUT2D eigenvalue weighted by atomic mass is 16.4. The highest BCUT2D eigenvalue weighted by Crippen LogP contribution is 2.24. The topological polar surface area (TPSA) is 85.1 Å². The van der Waals surface area contributed by atoms with Crippen molar-refractivity contribution in [3.63, 3.8) is 0 Å². The lowest BCUT2D eigenvalue weighted by molar-refractivity contribution is 0.0698. The van der Waals surface area contributed by atoms with Crippen molar-refractivity contribution in [2.45, 2.75) is 6.92 Å². The van der Waals surface area contributed by atoms with Crippen molar-refractivity contribution in [3.05, 3.63) is 53.5 Å². The predicted molar refractivity (Wildman–Crippen MR) is 75.9 cm³/mol. The van der Waals surface area contributed by atoms with E-state index in [0.29, 0.717) is 28.6 Å². The molecular weight excluding hydrogens is 270 g/mol. The van der Waals surface area contributed by atoms with Gasteiger partial charge in [0.15, 0.2) is 6.29 Å². The summed E-state index contributed by atoms with van der Waals surface area (Å²) in [5.41, 5.74) is 2.31. The lowest BCUT2D eigenvalue weighted by Crippen LogP contribution is -2.03. The molecule has 1 N–H and O–H groups in total. The normalized spacial score (nSPS) is 10.7. The first-order chi connectivity index (χ1) is 10.1. The van der Waals surface area contributed by atoms with E-state index >= 15 is 0 Å². The molecular formula is C15H11N3O3. The Bertz CT molecular complexity index is 868. The number of hydrogen-bond acceptors (Lipinski definition) is 4. The summed E-state index contributed by atoms with van der Waals surface area (Å²) in [5, 5.41) is 14.1. The number of rotatable bonds is 3. The molecule has 0 unspecified atom stereocenters. The highest BCUT2D eigenvalue weighted by molar-refractivity contribution is 6.04. The number of hydrogen-bond donors (Lipinski definition) is 1. The van der Waals surface area contributed by atoms with Gasteiger partial charge in [-0.05, 0) is 36.8 Å². The Balaban J connectivity index is 2.31. The van der Waals surface area contributed by atoms with Crippen LogP contribution in [-0.4, -0.2) is 32.1 Å². The summed E-state index contributed by atoms with van der Waals surface area (Å²) in [7, 11) is 0. The summed E-state index contributed by atoms with van der Waals surface area (Å²) in [6.07, 6.45) is 3.97. The fourth-order valence-electron chi connectivity index (χ4n) is 2.24. The van der Waals surface area contributed by atoms with Gasteiger partial charge in [0.05, 0.1) is 16.8 Å². The lowest BCUT2D eigenvalue weighted by atomic mass is 10.1. The van der Waals surface area contributed by atoms with Crippen molar-refractivity contribution in [2.75, 3.05) is 0 Å². The van der Waals surface area contributed by atoms with Gasteiger partial charge in [-0.25, -0.2) is 9.48 Å². The molecule has 3 rings (SSSR count). The quantitative estimate of drug-likeness (QED) is 0.744. The number of nitrogens with zero attached hydrogens (tertiary/aromatic N) is 3. The van der Waals surface area contributed by atoms with E-state index in [0.717, 1.165) is 5.56 Å². The Morgan fingerprint density at radius 2 is 2.14 bits per heavy atom. The third-order valence-electron chi connectivity index (χ3n) is 3.27. The van der Waals surface area contributed by atoms with Crippen LogP contribution < -0.4 is 0 Å². The first kappa shape index (κ1) is 13.0. The minimum Gasteiger partial charge on any atom is -0.478 e. The largest absolute Gasteiger partial charge is 0.478 e. The Morgan fingerprint density at radius 3 is 2.81 bits per heavy atom. The molecule has 0 bridgehead atoms. The third-order valence-corrected chi connectivity index (χ3v) is 3.27. The van der Waals surface area contributed by atoms with Gasteiger partial charge < -0.3 is 5.11 Å². The molecule has 6 nitrogen and oxygen atoms in total. The number of carbonyl (C=O) groups excluding carboxylic acids is 1. The summed E-state index contributed by atoms with van der Waals surface area (Å²) in [5.74, 6) is -1.03. The predicted octanol–water partition coefficient (Wildman–Crippen LogP) is 2.24. The average molecular weight is 281 g/mol. The van der Waals surface area contributed by atoms with Crippen LogP contribution in [0.25, 0.3) is 16.6 Å². The lowest BCUT2D eigenvalue weighted by Gasteiger charge is -2.08. The van der Waals surface area contributed by atoms with Crippen molar-refractivity contribution in [1.29, 1.82) is 0 Å². The van der Waals surface area contributed by atoms with Gasteiger partial charge in [0, 0.05) is 17.8 Å². The molecule has 6 heteroatoms. The van der Waals surface area contributed by atoms with Crippen molar-refractivity contribution in [1.82, 2.24) is 14.8 Å². The van der Waals surface area contributed by atoms with Crippen LogP contribution in [0.1, 0.15) is 26.4 Å². The number of aryl methyl sites for hydroxylation is 1. The molecule has 0 aliphatic rings. The first-order valence-electron chi connectivity index (χ1n) is 6.24. The second-order valence-corrected chi connectivity index (χ2v) is 4.60. The third kappa shape index (κ3) is 2.06. The van der Waals surface area contributed by atoms with E-state index < -0.39 is 5.97 Å². The zero-order valence-electron chi connectivity index (χ0n) is 11.1. The fourth-order valence-corrected chi connectivity index (χ4v) is 2.24. The number of aromatic nitrogens is 3. The van der Waals surface area contributed by atoms with Crippen molar-refractivity contribution < 1.29 is 14.7 Å². The summed E-state index contributed by atoms with van der Waals surface area (Å²) < 4.78 is 1.56. The fraction of sp³-hybridized carbons (Fsp3) is 0.0667. The van der Waals surface area contributed by atoms with Crippen LogP contribution >= 0.6 is 0 Å². The van der Waals surface area contributed by atoms with E-state index in [1.165, 1.54) is 6.07 Å². The molecule has 104 valence electrons. The Labute approximate surface area is 119 Å². The van der Waals surface area contributed by atoms with Crippen LogP contribution in [0.15, 0.2) is 36.7 Å². The molecule has 0 saturated carbocycles. The van der Waals surface area contributed by atoms with Crippen molar-refractivity contribution in [2.24, 2.45) is 0 Å².